The Balaban J connectivity index is 2.19. The van der Waals surface area contributed by atoms with Gasteiger partial charge in [-0.3, -0.25) is 9.48 Å². The van der Waals surface area contributed by atoms with Crippen LogP contribution in [0.25, 0.3) is 0 Å². The minimum atomic E-state index is -3.79. The van der Waals surface area contributed by atoms with Crippen LogP contribution in [0.4, 0.5) is 0 Å². The van der Waals surface area contributed by atoms with Crippen LogP contribution >= 0.6 is 0 Å². The van der Waals surface area contributed by atoms with Crippen LogP contribution in [0, 0.1) is 11.3 Å². The number of rotatable bonds is 4. The number of ether oxygens (including phenoxy) is 1. The zero-order valence-corrected chi connectivity index (χ0v) is 11.2. The van der Waals surface area contributed by atoms with E-state index in [1.807, 2.05) is 6.07 Å². The largest absolute Gasteiger partial charge is 0.480 e. The standard InChI is InChI=1S/C10H12N4O5S/c11-3-8-5-14(1-2-19-8)20(17,18)9-4-12-13(6-9)7-10(15)16/h4,6,8H,1-2,5,7H2,(H,15,16). The lowest BCUT2D eigenvalue weighted by molar-refractivity contribution is -0.137. The first-order valence-electron chi connectivity index (χ1n) is 5.69. The predicted octanol–water partition coefficient (Wildman–Crippen LogP) is -1.12. The summed E-state index contributed by atoms with van der Waals surface area (Å²) in [5.41, 5.74) is 0. The molecule has 0 amide bonds. The summed E-state index contributed by atoms with van der Waals surface area (Å²) in [4.78, 5) is 10.4. The average Bonchev–Trinajstić information content (AvgIpc) is 2.87. The van der Waals surface area contributed by atoms with Crippen molar-refractivity contribution in [2.75, 3.05) is 19.7 Å². The van der Waals surface area contributed by atoms with Gasteiger partial charge in [-0.1, -0.05) is 0 Å². The molecule has 1 N–H and O–H groups in total. The van der Waals surface area contributed by atoms with Gasteiger partial charge in [0.2, 0.25) is 10.0 Å². The molecule has 0 spiro atoms. The van der Waals surface area contributed by atoms with Crippen molar-refractivity contribution in [3.05, 3.63) is 12.4 Å². The van der Waals surface area contributed by atoms with Gasteiger partial charge < -0.3 is 9.84 Å². The van der Waals surface area contributed by atoms with Gasteiger partial charge in [-0.2, -0.15) is 14.7 Å². The molecule has 1 atom stereocenters. The third kappa shape index (κ3) is 2.96. The van der Waals surface area contributed by atoms with Gasteiger partial charge in [-0.15, -0.1) is 0 Å². The zero-order chi connectivity index (χ0) is 14.8. The molecule has 1 saturated heterocycles. The van der Waals surface area contributed by atoms with Crippen molar-refractivity contribution < 1.29 is 23.1 Å². The second-order valence-electron chi connectivity index (χ2n) is 4.12. The molecule has 1 aliphatic rings. The van der Waals surface area contributed by atoms with E-state index in [1.54, 1.807) is 0 Å². The van der Waals surface area contributed by atoms with Crippen molar-refractivity contribution in [2.45, 2.75) is 17.5 Å². The monoisotopic (exact) mass is 300 g/mol. The summed E-state index contributed by atoms with van der Waals surface area (Å²) in [7, 11) is -3.79. The Morgan fingerprint density at radius 1 is 1.65 bits per heavy atom. The molecule has 1 aliphatic heterocycles. The molecule has 108 valence electrons. The second-order valence-corrected chi connectivity index (χ2v) is 6.06. The highest BCUT2D eigenvalue weighted by molar-refractivity contribution is 7.89. The maximum Gasteiger partial charge on any atom is 0.325 e. The smallest absolute Gasteiger partial charge is 0.325 e. The Bertz CT molecular complexity index is 647. The van der Waals surface area contributed by atoms with E-state index in [0.717, 1.165) is 21.4 Å². The molecule has 0 aliphatic carbocycles. The highest BCUT2D eigenvalue weighted by Crippen LogP contribution is 2.18. The van der Waals surface area contributed by atoms with Crippen LogP contribution in [-0.4, -0.2) is 59.4 Å². The minimum Gasteiger partial charge on any atom is -0.480 e. The third-order valence-electron chi connectivity index (χ3n) is 2.72. The van der Waals surface area contributed by atoms with E-state index in [0.29, 0.717) is 0 Å². The fourth-order valence-electron chi connectivity index (χ4n) is 1.77. The van der Waals surface area contributed by atoms with Gasteiger partial charge in [0.1, 0.15) is 11.4 Å². The molecular weight excluding hydrogens is 288 g/mol. The highest BCUT2D eigenvalue weighted by Gasteiger charge is 2.31. The van der Waals surface area contributed by atoms with E-state index in [-0.39, 0.29) is 24.6 Å². The minimum absolute atomic E-state index is 0.0526. The number of nitrogens with zero attached hydrogens (tertiary/aromatic N) is 4. The maximum atomic E-state index is 12.3. The van der Waals surface area contributed by atoms with Crippen LogP contribution in [0.15, 0.2) is 17.3 Å². The van der Waals surface area contributed by atoms with Crippen molar-refractivity contribution in [3.63, 3.8) is 0 Å². The van der Waals surface area contributed by atoms with Gasteiger partial charge in [0.25, 0.3) is 0 Å². The Hall–Kier alpha value is -1.96. The van der Waals surface area contributed by atoms with Gasteiger partial charge in [-0.05, 0) is 0 Å². The van der Waals surface area contributed by atoms with Gasteiger partial charge >= 0.3 is 5.97 Å². The van der Waals surface area contributed by atoms with Crippen LogP contribution in [-0.2, 0) is 26.1 Å². The molecule has 1 aromatic heterocycles. The molecule has 2 heterocycles. The van der Waals surface area contributed by atoms with Crippen molar-refractivity contribution in [1.82, 2.24) is 14.1 Å². The topological polar surface area (TPSA) is 126 Å². The van der Waals surface area contributed by atoms with E-state index in [4.69, 9.17) is 15.1 Å². The van der Waals surface area contributed by atoms with E-state index in [2.05, 4.69) is 5.10 Å². The fraction of sp³-hybridized carbons (Fsp3) is 0.500. The summed E-state index contributed by atoms with van der Waals surface area (Å²) in [5.74, 6) is -1.12. The van der Waals surface area contributed by atoms with Crippen LogP contribution in [0.5, 0.6) is 0 Å². The summed E-state index contributed by atoms with van der Waals surface area (Å²) in [6.45, 7) is -0.187. The number of hydrogen-bond donors (Lipinski definition) is 1. The molecule has 0 bridgehead atoms. The highest BCUT2D eigenvalue weighted by atomic mass is 32.2. The number of carbonyl (C=O) groups is 1. The van der Waals surface area contributed by atoms with E-state index in [9.17, 15) is 13.2 Å². The van der Waals surface area contributed by atoms with E-state index >= 15 is 0 Å². The number of hydrogen-bond acceptors (Lipinski definition) is 6. The molecule has 10 heteroatoms. The number of aromatic nitrogens is 2. The molecular formula is C10H12N4O5S. The van der Waals surface area contributed by atoms with Crippen molar-refractivity contribution >= 4 is 16.0 Å². The van der Waals surface area contributed by atoms with E-state index in [1.165, 1.54) is 0 Å². The summed E-state index contributed by atoms with van der Waals surface area (Å²) in [6, 6.07) is 1.86. The quantitative estimate of drug-likeness (QED) is 0.746. The lowest BCUT2D eigenvalue weighted by atomic mass is 10.3. The van der Waals surface area contributed by atoms with Crippen LogP contribution in [0.1, 0.15) is 0 Å². The van der Waals surface area contributed by atoms with Gasteiger partial charge in [0, 0.05) is 12.7 Å². The molecule has 1 fully saturated rings. The van der Waals surface area contributed by atoms with Crippen molar-refractivity contribution in [3.8, 4) is 6.07 Å². The molecule has 1 unspecified atom stereocenters. The number of sulfonamides is 1. The summed E-state index contributed by atoms with van der Waals surface area (Å²) < 4.78 is 31.9. The number of carboxylic acids is 1. The van der Waals surface area contributed by atoms with Crippen molar-refractivity contribution in [1.29, 1.82) is 5.26 Å². The number of aliphatic carboxylic acids is 1. The number of morpholine rings is 1. The molecule has 9 nitrogen and oxygen atoms in total. The first-order valence-corrected chi connectivity index (χ1v) is 7.13. The van der Waals surface area contributed by atoms with Gasteiger partial charge in [-0.25, -0.2) is 8.42 Å². The van der Waals surface area contributed by atoms with Gasteiger partial charge in [0.05, 0.1) is 25.4 Å². The van der Waals surface area contributed by atoms with Gasteiger partial charge in [0.15, 0.2) is 6.10 Å². The lowest BCUT2D eigenvalue weighted by Gasteiger charge is -2.28. The molecule has 1 aromatic rings. The molecule has 20 heavy (non-hydrogen) atoms. The van der Waals surface area contributed by atoms with Crippen LogP contribution in [0.2, 0.25) is 0 Å². The zero-order valence-electron chi connectivity index (χ0n) is 10.3. The predicted molar refractivity (Wildman–Crippen MR) is 64.0 cm³/mol. The SMILES string of the molecule is N#CC1CN(S(=O)(=O)c2cnn(CC(=O)O)c2)CCO1. The number of carboxylic acid groups (broad SMARTS) is 1. The van der Waals surface area contributed by atoms with Crippen molar-refractivity contribution in [2.24, 2.45) is 0 Å². The lowest BCUT2D eigenvalue weighted by Crippen LogP contribution is -2.44. The van der Waals surface area contributed by atoms with Crippen LogP contribution in [0.3, 0.4) is 0 Å². The second kappa shape index (κ2) is 5.58. The summed E-state index contributed by atoms with van der Waals surface area (Å²) in [6.07, 6.45) is 1.45. The number of nitriles is 1. The first-order chi connectivity index (χ1) is 9.43. The molecule has 0 saturated carbocycles. The first kappa shape index (κ1) is 14.4. The summed E-state index contributed by atoms with van der Waals surface area (Å²) >= 11 is 0. The average molecular weight is 300 g/mol. The van der Waals surface area contributed by atoms with E-state index < -0.39 is 28.6 Å². The normalized spacial score (nSPS) is 20.4. The molecule has 0 radical (unpaired) electrons. The maximum absolute atomic E-state index is 12.3. The molecule has 2 rings (SSSR count). The Morgan fingerprint density at radius 2 is 2.40 bits per heavy atom. The van der Waals surface area contributed by atoms with Crippen LogP contribution < -0.4 is 0 Å². The Morgan fingerprint density at radius 3 is 3.05 bits per heavy atom. The molecule has 0 aromatic carbocycles. The third-order valence-corrected chi connectivity index (χ3v) is 4.54. The Kier molecular flexibility index (Phi) is 4.03. The summed E-state index contributed by atoms with van der Waals surface area (Å²) in [5, 5.41) is 21.1. The fourth-order valence-corrected chi connectivity index (χ4v) is 3.15. The Labute approximate surface area is 115 Å².